The quantitative estimate of drug-likeness (QED) is 0.362. The SMILES string of the molecule is O=C(CCSc1ccc(F)cc1)Nc1nc(-c2ccc(I)cc2)cs1. The molecule has 128 valence electrons. The molecule has 0 fully saturated rings. The van der Waals surface area contributed by atoms with Gasteiger partial charge in [0.05, 0.1) is 5.69 Å². The van der Waals surface area contributed by atoms with E-state index < -0.39 is 0 Å². The number of thiazole rings is 1. The molecule has 3 aromatic rings. The second kappa shape index (κ2) is 8.77. The maximum atomic E-state index is 12.8. The lowest BCUT2D eigenvalue weighted by Crippen LogP contribution is -2.11. The third kappa shape index (κ3) is 5.52. The molecule has 0 saturated heterocycles. The molecule has 3 nitrogen and oxygen atoms in total. The van der Waals surface area contributed by atoms with E-state index in [1.54, 1.807) is 12.1 Å². The first-order valence-electron chi connectivity index (χ1n) is 7.50. The van der Waals surface area contributed by atoms with E-state index in [0.29, 0.717) is 17.3 Å². The predicted octanol–water partition coefficient (Wildman–Crippen LogP) is 5.67. The van der Waals surface area contributed by atoms with Crippen LogP contribution in [0.5, 0.6) is 0 Å². The van der Waals surface area contributed by atoms with Crippen molar-refractivity contribution in [2.24, 2.45) is 0 Å². The molecular weight excluding hydrogens is 470 g/mol. The zero-order chi connectivity index (χ0) is 17.6. The number of aromatic nitrogens is 1. The van der Waals surface area contributed by atoms with E-state index >= 15 is 0 Å². The monoisotopic (exact) mass is 484 g/mol. The average molecular weight is 484 g/mol. The Kier molecular flexibility index (Phi) is 6.44. The molecule has 3 rings (SSSR count). The van der Waals surface area contributed by atoms with Gasteiger partial charge in [-0.1, -0.05) is 12.1 Å². The summed E-state index contributed by atoms with van der Waals surface area (Å²) in [6.07, 6.45) is 0.375. The van der Waals surface area contributed by atoms with Gasteiger partial charge in [-0.25, -0.2) is 9.37 Å². The number of thioether (sulfide) groups is 1. The van der Waals surface area contributed by atoms with Crippen LogP contribution in [0, 0.1) is 9.39 Å². The number of carbonyl (C=O) groups is 1. The Morgan fingerprint density at radius 2 is 1.88 bits per heavy atom. The van der Waals surface area contributed by atoms with Crippen LogP contribution in [-0.2, 0) is 4.79 Å². The van der Waals surface area contributed by atoms with Crippen molar-refractivity contribution >= 4 is 56.7 Å². The first-order chi connectivity index (χ1) is 12.1. The Balaban J connectivity index is 1.49. The van der Waals surface area contributed by atoms with Gasteiger partial charge in [-0.3, -0.25) is 4.79 Å². The van der Waals surface area contributed by atoms with Crippen LogP contribution in [-0.4, -0.2) is 16.6 Å². The van der Waals surface area contributed by atoms with Crippen molar-refractivity contribution < 1.29 is 9.18 Å². The molecule has 0 radical (unpaired) electrons. The fraction of sp³-hybridized carbons (Fsp3) is 0.111. The number of halogens is 2. The van der Waals surface area contributed by atoms with Crippen molar-refractivity contribution in [2.45, 2.75) is 11.3 Å². The fourth-order valence-corrected chi connectivity index (χ4v) is 4.01. The van der Waals surface area contributed by atoms with E-state index in [-0.39, 0.29) is 11.7 Å². The van der Waals surface area contributed by atoms with Crippen molar-refractivity contribution in [3.8, 4) is 11.3 Å². The number of hydrogen-bond donors (Lipinski definition) is 1. The number of rotatable bonds is 6. The van der Waals surface area contributed by atoms with Gasteiger partial charge in [-0.15, -0.1) is 23.1 Å². The van der Waals surface area contributed by atoms with Gasteiger partial charge in [0.1, 0.15) is 5.82 Å². The zero-order valence-electron chi connectivity index (χ0n) is 13.0. The molecule has 0 spiro atoms. The minimum atomic E-state index is -0.255. The number of carbonyl (C=O) groups excluding carboxylic acids is 1. The molecule has 25 heavy (non-hydrogen) atoms. The molecule has 1 aromatic heterocycles. The van der Waals surface area contributed by atoms with E-state index in [1.807, 2.05) is 29.6 Å². The summed E-state index contributed by atoms with van der Waals surface area (Å²) in [6.45, 7) is 0. The second-order valence-corrected chi connectivity index (χ2v) is 8.42. The van der Waals surface area contributed by atoms with Gasteiger partial charge in [0.25, 0.3) is 0 Å². The lowest BCUT2D eigenvalue weighted by Gasteiger charge is -2.02. The van der Waals surface area contributed by atoms with Crippen LogP contribution < -0.4 is 5.32 Å². The number of anilines is 1. The lowest BCUT2D eigenvalue weighted by molar-refractivity contribution is -0.115. The van der Waals surface area contributed by atoms with Crippen LogP contribution >= 0.6 is 45.7 Å². The highest BCUT2D eigenvalue weighted by atomic mass is 127. The standard InChI is InChI=1S/C18H14FIN2OS2/c19-13-3-7-15(8-4-13)24-10-9-17(23)22-18-21-16(11-25-18)12-1-5-14(20)6-2-12/h1-8,11H,9-10H2,(H,21,22,23). The van der Waals surface area contributed by atoms with Gasteiger partial charge < -0.3 is 5.32 Å². The van der Waals surface area contributed by atoms with Crippen molar-refractivity contribution in [2.75, 3.05) is 11.1 Å². The Bertz CT molecular complexity index is 850. The molecular formula is C18H14FIN2OS2. The van der Waals surface area contributed by atoms with Crippen LogP contribution in [0.15, 0.2) is 58.8 Å². The summed E-state index contributed by atoms with van der Waals surface area (Å²) >= 11 is 5.20. The highest BCUT2D eigenvalue weighted by Crippen LogP contribution is 2.26. The first-order valence-corrected chi connectivity index (χ1v) is 10.4. The number of nitrogens with zero attached hydrogens (tertiary/aromatic N) is 1. The normalized spacial score (nSPS) is 10.6. The third-order valence-electron chi connectivity index (χ3n) is 3.30. The zero-order valence-corrected chi connectivity index (χ0v) is 16.8. The fourth-order valence-electron chi connectivity index (χ4n) is 2.06. The Morgan fingerprint density at radius 1 is 1.16 bits per heavy atom. The number of benzene rings is 2. The van der Waals surface area contributed by atoms with E-state index in [9.17, 15) is 9.18 Å². The molecule has 1 N–H and O–H groups in total. The van der Waals surface area contributed by atoms with Crippen molar-refractivity contribution in [3.05, 3.63) is 63.3 Å². The molecule has 7 heteroatoms. The summed E-state index contributed by atoms with van der Waals surface area (Å²) in [5, 5.41) is 5.37. The highest BCUT2D eigenvalue weighted by Gasteiger charge is 2.08. The van der Waals surface area contributed by atoms with Crippen LogP contribution in [0.25, 0.3) is 11.3 Å². The van der Waals surface area contributed by atoms with E-state index in [0.717, 1.165) is 16.2 Å². The summed E-state index contributed by atoms with van der Waals surface area (Å²) in [6, 6.07) is 14.4. The molecule has 2 aromatic carbocycles. The van der Waals surface area contributed by atoms with Crippen molar-refractivity contribution in [1.29, 1.82) is 0 Å². The van der Waals surface area contributed by atoms with Gasteiger partial charge in [-0.05, 0) is 59.0 Å². The Morgan fingerprint density at radius 3 is 2.60 bits per heavy atom. The summed E-state index contributed by atoms with van der Waals surface area (Å²) < 4.78 is 14.0. The molecule has 0 aliphatic rings. The summed E-state index contributed by atoms with van der Waals surface area (Å²) in [4.78, 5) is 17.4. The molecule has 0 bridgehead atoms. The molecule has 1 amide bonds. The van der Waals surface area contributed by atoms with Gasteiger partial charge in [0.15, 0.2) is 5.13 Å². The number of nitrogens with one attached hydrogen (secondary N) is 1. The summed E-state index contributed by atoms with van der Waals surface area (Å²) in [5.41, 5.74) is 1.89. The van der Waals surface area contributed by atoms with E-state index in [1.165, 1.54) is 38.8 Å². The average Bonchev–Trinajstić information content (AvgIpc) is 3.06. The Hall–Kier alpha value is -1.45. The van der Waals surface area contributed by atoms with Crippen molar-refractivity contribution in [1.82, 2.24) is 4.98 Å². The van der Waals surface area contributed by atoms with Gasteiger partial charge >= 0.3 is 0 Å². The lowest BCUT2D eigenvalue weighted by atomic mass is 10.2. The van der Waals surface area contributed by atoms with Gasteiger partial charge in [0, 0.05) is 31.6 Å². The largest absolute Gasteiger partial charge is 0.302 e. The van der Waals surface area contributed by atoms with Crippen LogP contribution in [0.4, 0.5) is 9.52 Å². The maximum absolute atomic E-state index is 12.8. The summed E-state index contributed by atoms with van der Waals surface area (Å²) in [7, 11) is 0. The topological polar surface area (TPSA) is 42.0 Å². The maximum Gasteiger partial charge on any atom is 0.226 e. The van der Waals surface area contributed by atoms with E-state index in [2.05, 4.69) is 32.9 Å². The molecule has 0 aliphatic heterocycles. The van der Waals surface area contributed by atoms with Crippen LogP contribution in [0.2, 0.25) is 0 Å². The van der Waals surface area contributed by atoms with E-state index in [4.69, 9.17) is 0 Å². The molecule has 0 aliphatic carbocycles. The minimum Gasteiger partial charge on any atom is -0.302 e. The van der Waals surface area contributed by atoms with Crippen LogP contribution in [0.1, 0.15) is 6.42 Å². The van der Waals surface area contributed by atoms with Gasteiger partial charge in [-0.2, -0.15) is 0 Å². The summed E-state index contributed by atoms with van der Waals surface area (Å²) in [5.74, 6) is 0.306. The second-order valence-electron chi connectivity index (χ2n) is 5.15. The first kappa shape index (κ1) is 18.3. The van der Waals surface area contributed by atoms with Gasteiger partial charge in [0.2, 0.25) is 5.91 Å². The Labute approximate surface area is 167 Å². The molecule has 0 atom stereocenters. The minimum absolute atomic E-state index is 0.0712. The van der Waals surface area contributed by atoms with Crippen molar-refractivity contribution in [3.63, 3.8) is 0 Å². The molecule has 1 heterocycles. The third-order valence-corrected chi connectivity index (χ3v) is 5.79. The number of amides is 1. The highest BCUT2D eigenvalue weighted by molar-refractivity contribution is 14.1. The molecule has 0 saturated carbocycles. The molecule has 0 unspecified atom stereocenters. The van der Waals surface area contributed by atoms with Crippen LogP contribution in [0.3, 0.4) is 0 Å². The smallest absolute Gasteiger partial charge is 0.226 e. The number of hydrogen-bond acceptors (Lipinski definition) is 4. The predicted molar refractivity (Wildman–Crippen MR) is 111 cm³/mol.